The number of hydrogen-bond acceptors (Lipinski definition) is 4. The molecule has 0 atom stereocenters. The van der Waals surface area contributed by atoms with Gasteiger partial charge in [0.05, 0.1) is 5.52 Å². The molecule has 0 fully saturated rings. The van der Waals surface area contributed by atoms with E-state index in [4.69, 9.17) is 9.72 Å². The van der Waals surface area contributed by atoms with Crippen LogP contribution in [0.5, 0.6) is 11.5 Å². The molecule has 60 heavy (non-hydrogen) atoms. The summed E-state index contributed by atoms with van der Waals surface area (Å²) in [5.41, 5.74) is 11.7. The van der Waals surface area contributed by atoms with Gasteiger partial charge in [-0.05, 0) is 58.3 Å². The molecule has 11 rings (SSSR count). The van der Waals surface area contributed by atoms with E-state index in [1.165, 1.54) is 16.5 Å². The molecule has 4 heterocycles. The number of aryl methyl sites for hydroxylation is 1. The number of aromatic nitrogens is 3. The van der Waals surface area contributed by atoms with Gasteiger partial charge in [0, 0.05) is 90.7 Å². The normalized spacial score (nSPS) is 12.7. The van der Waals surface area contributed by atoms with Crippen molar-refractivity contribution in [2.45, 2.75) is 26.2 Å². The van der Waals surface area contributed by atoms with Crippen molar-refractivity contribution in [1.29, 1.82) is 0 Å². The Morgan fingerprint density at radius 1 is 0.567 bits per heavy atom. The summed E-state index contributed by atoms with van der Waals surface area (Å²) in [4.78, 5) is 9.54. The van der Waals surface area contributed by atoms with Crippen LogP contribution in [0.1, 0.15) is 26.3 Å². The average Bonchev–Trinajstić information content (AvgIpc) is 3.91. The molecule has 10 aromatic rings. The van der Waals surface area contributed by atoms with E-state index in [-0.39, 0.29) is 26.5 Å². The van der Waals surface area contributed by atoms with Gasteiger partial charge >= 0.3 is 0 Å². The minimum absolute atomic E-state index is 0. The van der Waals surface area contributed by atoms with E-state index in [0.29, 0.717) is 11.5 Å². The number of benzene rings is 7. The van der Waals surface area contributed by atoms with E-state index in [9.17, 15) is 0 Å². The summed E-state index contributed by atoms with van der Waals surface area (Å²) in [5.74, 6) is 2.05. The SMILES string of the molecule is Cn1c2ccccc2c2cnc(-n3c4[c-]c(Oc5[c-]c(N6[CH-]N(c7ccccc7)c7ccc(-c8ccccc8)cc76)cc(C(C)(C)C)c5)ccc4c4ccccc43)cc21.[Pt]. The maximum absolute atomic E-state index is 6.83. The second kappa shape index (κ2) is 14.6. The summed E-state index contributed by atoms with van der Waals surface area (Å²) < 4.78 is 11.3. The largest absolute Gasteiger partial charge is 0.509 e. The number of nitrogens with zero attached hydrogens (tertiary/aromatic N) is 5. The molecule has 0 amide bonds. The Morgan fingerprint density at radius 2 is 1.27 bits per heavy atom. The zero-order chi connectivity index (χ0) is 39.8. The maximum atomic E-state index is 6.83. The van der Waals surface area contributed by atoms with Crippen LogP contribution in [-0.4, -0.2) is 14.1 Å². The Morgan fingerprint density at radius 3 is 2.03 bits per heavy atom. The van der Waals surface area contributed by atoms with Gasteiger partial charge in [0.25, 0.3) is 0 Å². The smallest absolute Gasteiger partial charge is 0.137 e. The van der Waals surface area contributed by atoms with Crippen LogP contribution < -0.4 is 14.5 Å². The Bertz CT molecular complexity index is 3240. The molecule has 0 N–H and O–H groups in total. The molecule has 0 radical (unpaired) electrons. The minimum Gasteiger partial charge on any atom is -0.509 e. The van der Waals surface area contributed by atoms with Crippen LogP contribution in [0.4, 0.5) is 22.7 Å². The van der Waals surface area contributed by atoms with E-state index in [1.54, 1.807) is 0 Å². The summed E-state index contributed by atoms with van der Waals surface area (Å²) in [6.07, 6.45) is 2.00. The first-order chi connectivity index (χ1) is 28.8. The first-order valence-electron chi connectivity index (χ1n) is 20.0. The van der Waals surface area contributed by atoms with Gasteiger partial charge in [-0.15, -0.1) is 53.6 Å². The molecule has 6 nitrogen and oxygen atoms in total. The molecule has 0 saturated heterocycles. The van der Waals surface area contributed by atoms with Crippen LogP contribution in [0.15, 0.2) is 164 Å². The van der Waals surface area contributed by atoms with Gasteiger partial charge < -0.3 is 23.7 Å². The van der Waals surface area contributed by atoms with Crippen molar-refractivity contribution >= 4 is 66.4 Å². The molecule has 1 aliphatic rings. The predicted octanol–water partition coefficient (Wildman–Crippen LogP) is 13.6. The van der Waals surface area contributed by atoms with Crippen molar-refractivity contribution in [3.8, 4) is 28.4 Å². The number of ether oxygens (including phenoxy) is 1. The summed E-state index contributed by atoms with van der Waals surface area (Å²) >= 11 is 0. The van der Waals surface area contributed by atoms with Crippen molar-refractivity contribution < 1.29 is 25.8 Å². The molecular weight excluding hydrogens is 918 g/mol. The zero-order valence-electron chi connectivity index (χ0n) is 33.6. The van der Waals surface area contributed by atoms with Crippen molar-refractivity contribution in [3.05, 3.63) is 188 Å². The first-order valence-corrected chi connectivity index (χ1v) is 20.0. The molecular formula is C53H40N5OPt-3. The minimum atomic E-state index is -0.165. The second-order valence-corrected chi connectivity index (χ2v) is 16.3. The third-order valence-electron chi connectivity index (χ3n) is 11.6. The Hall–Kier alpha value is -6.62. The second-order valence-electron chi connectivity index (χ2n) is 16.3. The topological polar surface area (TPSA) is 38.5 Å². The van der Waals surface area contributed by atoms with Gasteiger partial charge in [-0.2, -0.15) is 6.07 Å². The fourth-order valence-corrected chi connectivity index (χ4v) is 8.56. The van der Waals surface area contributed by atoms with Gasteiger partial charge in [-0.3, -0.25) is 0 Å². The van der Waals surface area contributed by atoms with Crippen molar-refractivity contribution in [3.63, 3.8) is 0 Å². The number of pyridine rings is 1. The third-order valence-corrected chi connectivity index (χ3v) is 11.6. The molecule has 7 aromatic carbocycles. The van der Waals surface area contributed by atoms with E-state index in [2.05, 4.69) is 217 Å². The van der Waals surface area contributed by atoms with Gasteiger partial charge in [0.2, 0.25) is 0 Å². The average molecular weight is 958 g/mol. The van der Waals surface area contributed by atoms with E-state index in [1.807, 2.05) is 12.3 Å². The van der Waals surface area contributed by atoms with Crippen LogP contribution in [-0.2, 0) is 33.5 Å². The molecule has 0 unspecified atom stereocenters. The number of para-hydroxylation sites is 3. The molecule has 0 bridgehead atoms. The fraction of sp³-hybridized carbons (Fsp3) is 0.0943. The zero-order valence-corrected chi connectivity index (χ0v) is 35.9. The van der Waals surface area contributed by atoms with Gasteiger partial charge in [0.1, 0.15) is 5.82 Å². The number of anilines is 4. The van der Waals surface area contributed by atoms with Crippen molar-refractivity contribution in [2.24, 2.45) is 7.05 Å². The molecule has 0 aliphatic carbocycles. The molecule has 0 saturated carbocycles. The molecule has 7 heteroatoms. The van der Waals surface area contributed by atoms with Crippen LogP contribution in [0.3, 0.4) is 0 Å². The van der Waals surface area contributed by atoms with Crippen LogP contribution >= 0.6 is 0 Å². The summed E-state index contributed by atoms with van der Waals surface area (Å²) in [6.45, 7) is 8.86. The molecule has 0 spiro atoms. The monoisotopic (exact) mass is 957 g/mol. The van der Waals surface area contributed by atoms with Gasteiger partial charge in [0.15, 0.2) is 0 Å². The first kappa shape index (κ1) is 37.6. The third kappa shape index (κ3) is 6.26. The summed E-state index contributed by atoms with van der Waals surface area (Å²) in [5, 5.41) is 4.54. The molecule has 3 aromatic heterocycles. The van der Waals surface area contributed by atoms with Crippen LogP contribution in [0.2, 0.25) is 0 Å². The van der Waals surface area contributed by atoms with Crippen molar-refractivity contribution in [1.82, 2.24) is 14.1 Å². The van der Waals surface area contributed by atoms with Crippen LogP contribution in [0, 0.1) is 18.8 Å². The molecule has 1 aliphatic heterocycles. The summed E-state index contributed by atoms with van der Waals surface area (Å²) in [7, 11) is 2.12. The van der Waals surface area contributed by atoms with E-state index in [0.717, 1.165) is 72.4 Å². The molecule has 296 valence electrons. The van der Waals surface area contributed by atoms with E-state index < -0.39 is 0 Å². The number of hydrogen-bond donors (Lipinski definition) is 0. The van der Waals surface area contributed by atoms with Crippen LogP contribution in [0.25, 0.3) is 60.6 Å². The number of fused-ring (bicyclic) bond motifs is 7. The van der Waals surface area contributed by atoms with Gasteiger partial charge in [-0.1, -0.05) is 117 Å². The van der Waals surface area contributed by atoms with Crippen molar-refractivity contribution in [2.75, 3.05) is 9.80 Å². The Kier molecular flexibility index (Phi) is 9.15. The maximum Gasteiger partial charge on any atom is 0.137 e. The standard InChI is InChI=1S/C53H40N5O.Pt/c1-53(2,3)37-28-39(57-34-56(38-17-9-6-10-18-38)48-26-23-36(27-51(48)57)35-15-7-5-8-16-35)30-41(29-37)59-40-24-25-44-42-19-12-14-22-47(42)58(50(44)31-40)52-32-49-45(33-54-52)43-20-11-13-21-46(43)55(49)4;/h5-29,32-34H,1-4H3;/q-3;. The predicted molar refractivity (Wildman–Crippen MR) is 242 cm³/mol. The Balaban J connectivity index is 0.00000433. The van der Waals surface area contributed by atoms with E-state index >= 15 is 0 Å². The number of rotatable bonds is 6. The fourth-order valence-electron chi connectivity index (χ4n) is 8.56. The Labute approximate surface area is 364 Å². The quantitative estimate of drug-likeness (QED) is 0.156. The van der Waals surface area contributed by atoms with Gasteiger partial charge in [-0.25, -0.2) is 4.98 Å². The summed E-state index contributed by atoms with van der Waals surface area (Å²) in [6, 6.07) is 62.7.